The summed E-state index contributed by atoms with van der Waals surface area (Å²) in [5, 5.41) is 8.63. The normalized spacial score (nSPS) is 9.38. The fourth-order valence-corrected chi connectivity index (χ4v) is 0.902. The Morgan fingerprint density at radius 2 is 2.15 bits per heavy atom. The van der Waals surface area contributed by atoms with Crippen molar-refractivity contribution in [3.05, 3.63) is 23.8 Å². The largest absolute Gasteiger partial charge is 0.493 e. The molecule has 0 spiro atoms. The van der Waals surface area contributed by atoms with E-state index in [1.807, 2.05) is 0 Å². The fraction of sp³-hybridized carbons (Fsp3) is 0.125. The number of hydrogen-bond donors (Lipinski definition) is 2. The van der Waals surface area contributed by atoms with Crippen molar-refractivity contribution >= 4 is 5.97 Å². The minimum Gasteiger partial charge on any atom is -0.493 e. The molecule has 0 aliphatic carbocycles. The van der Waals surface area contributed by atoms with Gasteiger partial charge in [0.25, 0.3) is 0 Å². The molecule has 1 rings (SSSR count). The first-order chi connectivity index (χ1) is 6.19. The van der Waals surface area contributed by atoms with E-state index in [-0.39, 0.29) is 11.3 Å². The van der Waals surface area contributed by atoms with Crippen LogP contribution in [0.2, 0.25) is 0 Å². The highest BCUT2D eigenvalue weighted by Crippen LogP contribution is 2.26. The predicted octanol–water partition coefficient (Wildman–Crippen LogP) is 0.646. The summed E-state index contributed by atoms with van der Waals surface area (Å²) < 4.78 is 4.87. The quantitative estimate of drug-likeness (QED) is 0.672. The van der Waals surface area contributed by atoms with Crippen molar-refractivity contribution in [2.75, 3.05) is 7.11 Å². The molecular formula is C8H9NO4. The summed E-state index contributed by atoms with van der Waals surface area (Å²) in [6.45, 7) is 0. The van der Waals surface area contributed by atoms with E-state index in [4.69, 9.17) is 15.7 Å². The minimum absolute atomic E-state index is 0.0984. The molecule has 5 nitrogen and oxygen atoms in total. The summed E-state index contributed by atoms with van der Waals surface area (Å²) in [6, 6.07) is 4.18. The molecule has 1 aromatic rings. The van der Waals surface area contributed by atoms with Crippen molar-refractivity contribution in [3.63, 3.8) is 0 Å². The maximum absolute atomic E-state index is 10.5. The van der Waals surface area contributed by atoms with E-state index in [0.29, 0.717) is 5.75 Å². The van der Waals surface area contributed by atoms with Gasteiger partial charge in [0.1, 0.15) is 0 Å². The summed E-state index contributed by atoms with van der Waals surface area (Å²) in [5.41, 5.74) is 0.0984. The van der Waals surface area contributed by atoms with Crippen LogP contribution < -0.4 is 15.5 Å². The second-order valence-electron chi connectivity index (χ2n) is 2.29. The summed E-state index contributed by atoms with van der Waals surface area (Å²) in [7, 11) is 1.44. The molecule has 70 valence electrons. The number of aromatic carboxylic acids is 1. The number of carbonyl (C=O) groups is 1. The van der Waals surface area contributed by atoms with Gasteiger partial charge < -0.3 is 14.7 Å². The number of ether oxygens (including phenoxy) is 1. The summed E-state index contributed by atoms with van der Waals surface area (Å²) in [5.74, 6) is 4.47. The van der Waals surface area contributed by atoms with Crippen molar-refractivity contribution in [2.45, 2.75) is 0 Å². The Bertz CT molecular complexity index is 324. The van der Waals surface area contributed by atoms with Crippen molar-refractivity contribution in [2.24, 2.45) is 5.90 Å². The molecule has 0 aromatic heterocycles. The van der Waals surface area contributed by atoms with Crippen LogP contribution >= 0.6 is 0 Å². The average Bonchev–Trinajstić information content (AvgIpc) is 2.16. The zero-order valence-electron chi connectivity index (χ0n) is 6.98. The molecule has 13 heavy (non-hydrogen) atoms. The molecular weight excluding hydrogens is 174 g/mol. The fourth-order valence-electron chi connectivity index (χ4n) is 0.902. The highest BCUT2D eigenvalue weighted by molar-refractivity contribution is 5.88. The molecule has 0 heterocycles. The maximum atomic E-state index is 10.5. The number of methoxy groups -OCH3 is 1. The molecule has 0 bridgehead atoms. The van der Waals surface area contributed by atoms with Gasteiger partial charge in [0.15, 0.2) is 11.5 Å². The second kappa shape index (κ2) is 3.77. The standard InChI is InChI=1S/C8H9NO4/c1-12-6-3-2-5(8(10)11)4-7(6)13-9/h2-4H,9H2,1H3,(H,10,11). The third-order valence-electron chi connectivity index (χ3n) is 1.54. The molecule has 0 aliphatic heterocycles. The molecule has 0 saturated heterocycles. The molecule has 0 unspecified atom stereocenters. The van der Waals surface area contributed by atoms with Crippen molar-refractivity contribution in [1.29, 1.82) is 0 Å². The lowest BCUT2D eigenvalue weighted by Crippen LogP contribution is -2.05. The second-order valence-corrected chi connectivity index (χ2v) is 2.29. The van der Waals surface area contributed by atoms with E-state index in [0.717, 1.165) is 0 Å². The number of rotatable bonds is 3. The van der Waals surface area contributed by atoms with Crippen LogP contribution in [0, 0.1) is 0 Å². The van der Waals surface area contributed by atoms with Gasteiger partial charge in [-0.25, -0.2) is 4.79 Å². The lowest BCUT2D eigenvalue weighted by atomic mass is 10.2. The predicted molar refractivity (Wildman–Crippen MR) is 44.8 cm³/mol. The van der Waals surface area contributed by atoms with Gasteiger partial charge in [-0.2, -0.15) is 5.90 Å². The molecule has 5 heteroatoms. The molecule has 0 fully saturated rings. The van der Waals surface area contributed by atoms with Crippen molar-refractivity contribution in [1.82, 2.24) is 0 Å². The van der Waals surface area contributed by atoms with Crippen molar-refractivity contribution < 1.29 is 19.5 Å². The van der Waals surface area contributed by atoms with Crippen LogP contribution in [0.25, 0.3) is 0 Å². The molecule has 3 N–H and O–H groups in total. The molecule has 0 aliphatic rings. The number of benzene rings is 1. The van der Waals surface area contributed by atoms with E-state index >= 15 is 0 Å². The average molecular weight is 183 g/mol. The SMILES string of the molecule is COc1ccc(C(=O)O)cc1ON. The van der Waals surface area contributed by atoms with E-state index < -0.39 is 5.97 Å². The Morgan fingerprint density at radius 1 is 1.46 bits per heavy atom. The van der Waals surface area contributed by atoms with Gasteiger partial charge in [-0.15, -0.1) is 0 Å². The molecule has 0 amide bonds. The van der Waals surface area contributed by atoms with Crippen LogP contribution in [-0.2, 0) is 0 Å². The Morgan fingerprint density at radius 3 is 2.62 bits per heavy atom. The lowest BCUT2D eigenvalue weighted by Gasteiger charge is -2.06. The van der Waals surface area contributed by atoms with Crippen LogP contribution in [0.5, 0.6) is 11.5 Å². The number of carboxylic acids is 1. The van der Waals surface area contributed by atoms with Crippen LogP contribution in [0.15, 0.2) is 18.2 Å². The van der Waals surface area contributed by atoms with Gasteiger partial charge in [-0.3, -0.25) is 0 Å². The van der Waals surface area contributed by atoms with Gasteiger partial charge in [0.2, 0.25) is 0 Å². The molecule has 0 atom stereocenters. The van der Waals surface area contributed by atoms with Crippen LogP contribution in [-0.4, -0.2) is 18.2 Å². The molecule has 0 radical (unpaired) electrons. The first kappa shape index (κ1) is 9.34. The first-order valence-corrected chi connectivity index (χ1v) is 3.47. The first-order valence-electron chi connectivity index (χ1n) is 3.47. The van der Waals surface area contributed by atoms with Gasteiger partial charge >= 0.3 is 5.97 Å². The Labute approximate surface area is 74.6 Å². The van der Waals surface area contributed by atoms with E-state index in [1.165, 1.54) is 25.3 Å². The maximum Gasteiger partial charge on any atom is 0.335 e. The third kappa shape index (κ3) is 1.88. The van der Waals surface area contributed by atoms with Gasteiger partial charge in [0.05, 0.1) is 12.7 Å². The highest BCUT2D eigenvalue weighted by atomic mass is 16.6. The van der Waals surface area contributed by atoms with E-state index in [1.54, 1.807) is 0 Å². The molecule has 0 saturated carbocycles. The summed E-state index contributed by atoms with van der Waals surface area (Å²) >= 11 is 0. The van der Waals surface area contributed by atoms with E-state index in [9.17, 15) is 4.79 Å². The van der Waals surface area contributed by atoms with Crippen LogP contribution in [0.3, 0.4) is 0 Å². The van der Waals surface area contributed by atoms with Gasteiger partial charge in [-0.05, 0) is 12.1 Å². The highest BCUT2D eigenvalue weighted by Gasteiger charge is 2.08. The zero-order valence-corrected chi connectivity index (χ0v) is 6.98. The topological polar surface area (TPSA) is 81.8 Å². The Balaban J connectivity index is 3.13. The minimum atomic E-state index is -1.04. The molecule has 1 aromatic carbocycles. The lowest BCUT2D eigenvalue weighted by molar-refractivity contribution is 0.0696. The number of hydrogen-bond acceptors (Lipinski definition) is 4. The summed E-state index contributed by atoms with van der Waals surface area (Å²) in [4.78, 5) is 15.0. The third-order valence-corrected chi connectivity index (χ3v) is 1.54. The van der Waals surface area contributed by atoms with E-state index in [2.05, 4.69) is 4.84 Å². The number of carboxylic acid groups (broad SMARTS) is 1. The van der Waals surface area contributed by atoms with Gasteiger partial charge in [0, 0.05) is 6.07 Å². The van der Waals surface area contributed by atoms with Crippen molar-refractivity contribution in [3.8, 4) is 11.5 Å². The van der Waals surface area contributed by atoms with Crippen LogP contribution in [0.4, 0.5) is 0 Å². The summed E-state index contributed by atoms with van der Waals surface area (Å²) in [6.07, 6.45) is 0. The smallest absolute Gasteiger partial charge is 0.335 e. The van der Waals surface area contributed by atoms with Crippen LogP contribution in [0.1, 0.15) is 10.4 Å². The Kier molecular flexibility index (Phi) is 2.71. The zero-order chi connectivity index (χ0) is 9.84. The Hall–Kier alpha value is -1.75. The number of nitrogens with two attached hydrogens (primary N) is 1. The van der Waals surface area contributed by atoms with Gasteiger partial charge in [-0.1, -0.05) is 0 Å². The monoisotopic (exact) mass is 183 g/mol.